The van der Waals surface area contributed by atoms with Crippen molar-refractivity contribution in [3.8, 4) is 11.3 Å². The average Bonchev–Trinajstić information content (AvgIpc) is 2.82. The molecule has 1 aliphatic carbocycles. The predicted octanol–water partition coefficient (Wildman–Crippen LogP) is 7.69. The Hall–Kier alpha value is -3.35. The monoisotopic (exact) mass is 469 g/mol. The Morgan fingerprint density at radius 2 is 1.82 bits per heavy atom. The van der Waals surface area contributed by atoms with Crippen molar-refractivity contribution in [2.24, 2.45) is 0 Å². The molecular formula is C27H27F4N3. The van der Waals surface area contributed by atoms with Crippen LogP contribution in [0.25, 0.3) is 17.0 Å². The first-order valence-electron chi connectivity index (χ1n) is 11.5. The molecule has 178 valence electrons. The van der Waals surface area contributed by atoms with Crippen LogP contribution in [0, 0.1) is 5.82 Å². The number of hydrogen-bond acceptors (Lipinski definition) is 3. The van der Waals surface area contributed by atoms with E-state index in [1.54, 1.807) is 18.2 Å². The molecule has 34 heavy (non-hydrogen) atoms. The molecule has 0 spiro atoms. The van der Waals surface area contributed by atoms with Crippen LogP contribution < -0.4 is 10.6 Å². The zero-order valence-electron chi connectivity index (χ0n) is 19.0. The molecule has 0 radical (unpaired) electrons. The molecule has 3 aromatic rings. The van der Waals surface area contributed by atoms with Crippen LogP contribution in [0.15, 0.2) is 55.1 Å². The minimum Gasteiger partial charge on any atom is -0.385 e. The third-order valence-electron chi connectivity index (χ3n) is 5.99. The highest BCUT2D eigenvalue weighted by Gasteiger charge is 2.34. The summed E-state index contributed by atoms with van der Waals surface area (Å²) < 4.78 is 55.1. The van der Waals surface area contributed by atoms with Gasteiger partial charge in [-0.05, 0) is 73.6 Å². The summed E-state index contributed by atoms with van der Waals surface area (Å²) in [5.74, 6) is 0.0720. The Balaban J connectivity index is 1.77. The van der Waals surface area contributed by atoms with Crippen molar-refractivity contribution in [2.45, 2.75) is 45.2 Å². The number of nitrogens with zero attached hydrogens (tertiary/aromatic N) is 1. The number of halogens is 4. The molecule has 0 bridgehead atoms. The van der Waals surface area contributed by atoms with Gasteiger partial charge in [-0.1, -0.05) is 31.7 Å². The number of aryl methyl sites for hydroxylation is 1. The summed E-state index contributed by atoms with van der Waals surface area (Å²) in [7, 11) is 0. The van der Waals surface area contributed by atoms with Crippen LogP contribution in [-0.4, -0.2) is 11.5 Å². The zero-order chi connectivity index (χ0) is 24.3. The smallest absolute Gasteiger partial charge is 0.385 e. The highest BCUT2D eigenvalue weighted by molar-refractivity contribution is 5.83. The second-order valence-electron chi connectivity index (χ2n) is 8.46. The van der Waals surface area contributed by atoms with Crippen LogP contribution in [0.1, 0.15) is 48.4 Å². The minimum absolute atomic E-state index is 0.0353. The van der Waals surface area contributed by atoms with E-state index in [0.29, 0.717) is 23.6 Å². The molecule has 1 aromatic heterocycles. The maximum atomic E-state index is 14.1. The van der Waals surface area contributed by atoms with Crippen molar-refractivity contribution in [3.05, 3.63) is 83.2 Å². The van der Waals surface area contributed by atoms with Crippen LogP contribution in [0.5, 0.6) is 0 Å². The molecule has 0 unspecified atom stereocenters. The van der Waals surface area contributed by atoms with Crippen LogP contribution >= 0.6 is 0 Å². The standard InChI is InChI=1S/C27H27F4N3/c1-3-14-32-24-13-12-19(28)16-22(24)17(2)33-26-20-9-5-4-8-18(20)15-25(34-26)21-10-6-7-11-23(21)27(29,30)31/h6-7,10-13,15-16,32H,2-5,8-9,14H2,1H3,(H,33,34). The molecule has 0 aliphatic heterocycles. The summed E-state index contributed by atoms with van der Waals surface area (Å²) in [6.07, 6.45) is -0.129. The van der Waals surface area contributed by atoms with E-state index in [9.17, 15) is 17.6 Å². The first kappa shape index (κ1) is 23.8. The molecule has 0 atom stereocenters. The predicted molar refractivity (Wildman–Crippen MR) is 129 cm³/mol. The summed E-state index contributed by atoms with van der Waals surface area (Å²) in [4.78, 5) is 4.62. The first-order valence-corrected chi connectivity index (χ1v) is 11.5. The summed E-state index contributed by atoms with van der Waals surface area (Å²) in [5.41, 5.74) is 3.24. The molecule has 1 aliphatic rings. The zero-order valence-corrected chi connectivity index (χ0v) is 19.0. The number of nitrogens with one attached hydrogen (secondary N) is 2. The summed E-state index contributed by atoms with van der Waals surface area (Å²) in [6.45, 7) is 6.84. The number of hydrogen-bond donors (Lipinski definition) is 2. The number of benzene rings is 2. The van der Waals surface area contributed by atoms with Gasteiger partial charge >= 0.3 is 6.18 Å². The van der Waals surface area contributed by atoms with Crippen molar-refractivity contribution < 1.29 is 17.6 Å². The van der Waals surface area contributed by atoms with Gasteiger partial charge in [-0.3, -0.25) is 0 Å². The van der Waals surface area contributed by atoms with Crippen LogP contribution in [-0.2, 0) is 19.0 Å². The molecule has 2 aromatic carbocycles. The highest BCUT2D eigenvalue weighted by Crippen LogP contribution is 2.39. The maximum Gasteiger partial charge on any atom is 0.417 e. The van der Waals surface area contributed by atoms with Gasteiger partial charge in [0.15, 0.2) is 0 Å². The fraction of sp³-hybridized carbons (Fsp3) is 0.296. The minimum atomic E-state index is -4.49. The number of alkyl halides is 3. The highest BCUT2D eigenvalue weighted by atomic mass is 19.4. The van der Waals surface area contributed by atoms with Gasteiger partial charge < -0.3 is 10.6 Å². The number of pyridine rings is 1. The molecule has 0 amide bonds. The van der Waals surface area contributed by atoms with E-state index in [-0.39, 0.29) is 11.3 Å². The van der Waals surface area contributed by atoms with Gasteiger partial charge in [-0.25, -0.2) is 9.37 Å². The molecule has 2 N–H and O–H groups in total. The van der Waals surface area contributed by atoms with Gasteiger partial charge in [0.1, 0.15) is 11.6 Å². The Bertz CT molecular complexity index is 1200. The van der Waals surface area contributed by atoms with Crippen molar-refractivity contribution >= 4 is 17.2 Å². The quantitative estimate of drug-likeness (QED) is 0.348. The van der Waals surface area contributed by atoms with Crippen molar-refractivity contribution in [2.75, 3.05) is 17.2 Å². The van der Waals surface area contributed by atoms with Crippen molar-refractivity contribution in [1.29, 1.82) is 0 Å². The van der Waals surface area contributed by atoms with E-state index in [2.05, 4.69) is 22.2 Å². The van der Waals surface area contributed by atoms with Gasteiger partial charge in [0.2, 0.25) is 0 Å². The van der Waals surface area contributed by atoms with Crippen molar-refractivity contribution in [1.82, 2.24) is 4.98 Å². The summed E-state index contributed by atoms with van der Waals surface area (Å²) in [5, 5.41) is 6.47. The molecule has 0 fully saturated rings. The second-order valence-corrected chi connectivity index (χ2v) is 8.46. The van der Waals surface area contributed by atoms with Crippen LogP contribution in [0.2, 0.25) is 0 Å². The second kappa shape index (κ2) is 9.87. The lowest BCUT2D eigenvalue weighted by Gasteiger charge is -2.23. The normalized spacial score (nSPS) is 13.3. The molecule has 1 heterocycles. The Labute approximate surface area is 196 Å². The van der Waals surface area contributed by atoms with E-state index in [4.69, 9.17) is 0 Å². The van der Waals surface area contributed by atoms with E-state index < -0.39 is 17.6 Å². The van der Waals surface area contributed by atoms with E-state index in [1.807, 2.05) is 6.92 Å². The molecule has 3 nitrogen and oxygen atoms in total. The van der Waals surface area contributed by atoms with Crippen molar-refractivity contribution in [3.63, 3.8) is 0 Å². The van der Waals surface area contributed by atoms with Gasteiger partial charge in [-0.15, -0.1) is 0 Å². The SMILES string of the molecule is C=C(Nc1nc(-c2ccccc2C(F)(F)F)cc2c1CCCC2)c1cc(F)ccc1NCCC. The molecule has 7 heteroatoms. The van der Waals surface area contributed by atoms with Gasteiger partial charge in [0.25, 0.3) is 0 Å². The first-order chi connectivity index (χ1) is 16.3. The topological polar surface area (TPSA) is 37.0 Å². The molecular weight excluding hydrogens is 442 g/mol. The Morgan fingerprint density at radius 3 is 2.59 bits per heavy atom. The summed E-state index contributed by atoms with van der Waals surface area (Å²) >= 11 is 0. The van der Waals surface area contributed by atoms with Crippen LogP contribution in [0.4, 0.5) is 29.1 Å². The average molecular weight is 470 g/mol. The molecule has 0 saturated heterocycles. The van der Waals surface area contributed by atoms with E-state index in [0.717, 1.165) is 55.0 Å². The number of rotatable bonds is 7. The number of fused-ring (bicyclic) bond motifs is 1. The van der Waals surface area contributed by atoms with Gasteiger partial charge in [0, 0.05) is 29.1 Å². The molecule has 4 rings (SSSR count). The van der Waals surface area contributed by atoms with E-state index >= 15 is 0 Å². The lowest BCUT2D eigenvalue weighted by atomic mass is 9.90. The lowest BCUT2D eigenvalue weighted by Crippen LogP contribution is -2.13. The lowest BCUT2D eigenvalue weighted by molar-refractivity contribution is -0.137. The van der Waals surface area contributed by atoms with Gasteiger partial charge in [0.05, 0.1) is 11.3 Å². The number of aromatic nitrogens is 1. The van der Waals surface area contributed by atoms with Crippen LogP contribution in [0.3, 0.4) is 0 Å². The van der Waals surface area contributed by atoms with E-state index in [1.165, 1.54) is 24.3 Å². The third kappa shape index (κ3) is 5.08. The fourth-order valence-corrected chi connectivity index (χ4v) is 4.33. The Kier molecular flexibility index (Phi) is 6.91. The third-order valence-corrected chi connectivity index (χ3v) is 5.99. The largest absolute Gasteiger partial charge is 0.417 e. The van der Waals surface area contributed by atoms with Gasteiger partial charge in [-0.2, -0.15) is 13.2 Å². The molecule has 0 saturated carbocycles. The number of anilines is 2. The fourth-order valence-electron chi connectivity index (χ4n) is 4.33. The maximum absolute atomic E-state index is 14.1. The summed E-state index contributed by atoms with van der Waals surface area (Å²) in [6, 6.07) is 11.7. The Morgan fingerprint density at radius 1 is 1.06 bits per heavy atom.